The highest BCUT2D eigenvalue weighted by atomic mass is 19.4. The van der Waals surface area contributed by atoms with Crippen LogP contribution in [-0.2, 0) is 6.54 Å². The van der Waals surface area contributed by atoms with Crippen LogP contribution in [0.25, 0.3) is 0 Å². The first kappa shape index (κ1) is 20.1. The van der Waals surface area contributed by atoms with Crippen molar-refractivity contribution in [3.05, 3.63) is 36.3 Å². The number of hydrogen-bond donors (Lipinski definition) is 3. The molecular weight excluding hydrogens is 369 g/mol. The summed E-state index contributed by atoms with van der Waals surface area (Å²) < 4.78 is 41.5. The summed E-state index contributed by atoms with van der Waals surface area (Å²) in [6, 6.07) is 3.82. The lowest BCUT2D eigenvalue weighted by Gasteiger charge is -2.10. The summed E-state index contributed by atoms with van der Waals surface area (Å²) in [5.74, 6) is -1.81. The quantitative estimate of drug-likeness (QED) is 0.669. The summed E-state index contributed by atoms with van der Waals surface area (Å²) in [5, 5.41) is 13.9. The van der Waals surface area contributed by atoms with E-state index in [1.165, 1.54) is 22.9 Å². The number of hydrogen-bond acceptors (Lipinski definition) is 4. The van der Waals surface area contributed by atoms with Crippen molar-refractivity contribution in [2.24, 2.45) is 0 Å². The Hall–Kier alpha value is -3.24. The Morgan fingerprint density at radius 3 is 2.44 bits per heavy atom. The molecule has 146 valence electrons. The summed E-state index contributed by atoms with van der Waals surface area (Å²) >= 11 is 0. The monoisotopic (exact) mass is 386 g/mol. The average molecular weight is 386 g/mol. The largest absolute Gasteiger partial charge is 0.573 e. The molecule has 2 rings (SSSR count). The van der Waals surface area contributed by atoms with E-state index in [0.717, 1.165) is 25.0 Å². The van der Waals surface area contributed by atoms with Crippen LogP contribution >= 0.6 is 0 Å². The van der Waals surface area contributed by atoms with Gasteiger partial charge in [0.25, 0.3) is 0 Å². The van der Waals surface area contributed by atoms with Crippen LogP contribution in [-0.4, -0.2) is 33.0 Å². The molecule has 1 aromatic carbocycles. The van der Waals surface area contributed by atoms with E-state index >= 15 is 0 Å². The Morgan fingerprint density at radius 2 is 1.89 bits per heavy atom. The molecule has 11 heteroatoms. The topological polar surface area (TPSA) is 105 Å². The number of carboxylic acids is 1. The van der Waals surface area contributed by atoms with Crippen molar-refractivity contribution in [1.82, 2.24) is 9.55 Å². The van der Waals surface area contributed by atoms with Crippen LogP contribution in [0.15, 0.2) is 30.5 Å². The second kappa shape index (κ2) is 8.43. The van der Waals surface area contributed by atoms with Gasteiger partial charge in [-0.05, 0) is 30.7 Å². The number of urea groups is 1. The van der Waals surface area contributed by atoms with Crippen LogP contribution in [0.2, 0.25) is 0 Å². The van der Waals surface area contributed by atoms with Gasteiger partial charge < -0.3 is 19.7 Å². The van der Waals surface area contributed by atoms with Gasteiger partial charge in [-0.2, -0.15) is 0 Å². The van der Waals surface area contributed by atoms with Crippen molar-refractivity contribution in [2.75, 3.05) is 10.6 Å². The van der Waals surface area contributed by atoms with Gasteiger partial charge in [0.05, 0.1) is 0 Å². The highest BCUT2D eigenvalue weighted by Crippen LogP contribution is 2.24. The van der Waals surface area contributed by atoms with Crippen molar-refractivity contribution in [3.8, 4) is 5.75 Å². The zero-order chi connectivity index (χ0) is 20.0. The minimum Gasteiger partial charge on any atom is -0.475 e. The number of carboxylic acid groups (broad SMARTS) is 1. The molecule has 1 aromatic heterocycles. The summed E-state index contributed by atoms with van der Waals surface area (Å²) in [6.07, 6.45) is -1.80. The number of benzene rings is 1. The standard InChI is InChI=1S/C16H17F3N4O4/c1-2-3-8-23-9-12(21-13(23)14(24)25)22-15(26)20-10-4-6-11(7-5-10)27-16(17,18)19/h4-7,9H,2-3,8H2,1H3,(H,24,25)(H2,20,22,26). The summed E-state index contributed by atoms with van der Waals surface area (Å²) in [6.45, 7) is 2.39. The van der Waals surface area contributed by atoms with Crippen molar-refractivity contribution in [3.63, 3.8) is 0 Å². The molecule has 8 nitrogen and oxygen atoms in total. The van der Waals surface area contributed by atoms with Crippen molar-refractivity contribution in [2.45, 2.75) is 32.7 Å². The number of aromatic carboxylic acids is 1. The molecule has 2 aromatic rings. The van der Waals surface area contributed by atoms with Gasteiger partial charge in [-0.3, -0.25) is 5.32 Å². The van der Waals surface area contributed by atoms with E-state index in [2.05, 4.69) is 20.4 Å². The molecule has 0 saturated carbocycles. The number of alkyl halides is 3. The fraction of sp³-hybridized carbons (Fsp3) is 0.312. The number of carbonyl (C=O) groups excluding carboxylic acids is 1. The Kier molecular flexibility index (Phi) is 6.27. The number of nitrogens with zero attached hydrogens (tertiary/aromatic N) is 2. The molecule has 0 atom stereocenters. The Labute approximate surface area is 152 Å². The van der Waals surface area contributed by atoms with E-state index in [1.807, 2.05) is 6.92 Å². The summed E-state index contributed by atoms with van der Waals surface area (Å²) in [4.78, 5) is 27.0. The molecule has 0 radical (unpaired) electrons. The highest BCUT2D eigenvalue weighted by molar-refractivity contribution is 5.99. The van der Waals surface area contributed by atoms with Gasteiger partial charge in [-0.25, -0.2) is 14.6 Å². The van der Waals surface area contributed by atoms with Gasteiger partial charge in [0.15, 0.2) is 5.82 Å². The molecular formula is C16H17F3N4O4. The predicted molar refractivity (Wildman–Crippen MR) is 89.9 cm³/mol. The molecule has 0 fully saturated rings. The third-order valence-corrected chi connectivity index (χ3v) is 3.31. The SMILES string of the molecule is CCCCn1cc(NC(=O)Nc2ccc(OC(F)(F)F)cc2)nc1C(=O)O. The van der Waals surface area contributed by atoms with E-state index in [4.69, 9.17) is 5.11 Å². The van der Waals surface area contributed by atoms with Crippen LogP contribution in [0.3, 0.4) is 0 Å². The maximum Gasteiger partial charge on any atom is 0.573 e. The number of nitrogens with one attached hydrogen (secondary N) is 2. The van der Waals surface area contributed by atoms with E-state index in [1.54, 1.807) is 0 Å². The van der Waals surface area contributed by atoms with Crippen LogP contribution < -0.4 is 15.4 Å². The minimum atomic E-state index is -4.80. The van der Waals surface area contributed by atoms with E-state index in [-0.39, 0.29) is 17.3 Å². The maximum absolute atomic E-state index is 12.1. The van der Waals surface area contributed by atoms with E-state index in [0.29, 0.717) is 6.54 Å². The number of halogens is 3. The average Bonchev–Trinajstić information content (AvgIpc) is 2.96. The second-order valence-corrected chi connectivity index (χ2v) is 5.45. The molecule has 0 spiro atoms. The van der Waals surface area contributed by atoms with E-state index in [9.17, 15) is 22.8 Å². The predicted octanol–water partition coefficient (Wildman–Crippen LogP) is 3.92. The highest BCUT2D eigenvalue weighted by Gasteiger charge is 2.31. The van der Waals surface area contributed by atoms with Crippen LogP contribution in [0.5, 0.6) is 5.75 Å². The molecule has 27 heavy (non-hydrogen) atoms. The summed E-state index contributed by atoms with van der Waals surface area (Å²) in [7, 11) is 0. The number of carbonyl (C=O) groups is 2. The van der Waals surface area contributed by atoms with Gasteiger partial charge in [-0.15, -0.1) is 13.2 Å². The summed E-state index contributed by atoms with van der Waals surface area (Å²) in [5.41, 5.74) is 0.214. The molecule has 0 unspecified atom stereocenters. The second-order valence-electron chi connectivity index (χ2n) is 5.45. The fourth-order valence-electron chi connectivity index (χ4n) is 2.16. The number of amides is 2. The zero-order valence-electron chi connectivity index (χ0n) is 14.2. The number of rotatable bonds is 7. The number of aromatic nitrogens is 2. The molecule has 0 aliphatic heterocycles. The number of imidazole rings is 1. The molecule has 0 aliphatic rings. The smallest absolute Gasteiger partial charge is 0.475 e. The molecule has 2 amide bonds. The van der Waals surface area contributed by atoms with Gasteiger partial charge >= 0.3 is 18.4 Å². The first-order chi connectivity index (χ1) is 12.7. The molecule has 0 bridgehead atoms. The first-order valence-corrected chi connectivity index (χ1v) is 7.92. The zero-order valence-corrected chi connectivity index (χ0v) is 14.2. The van der Waals surface area contributed by atoms with Crippen molar-refractivity contribution >= 4 is 23.5 Å². The van der Waals surface area contributed by atoms with Crippen molar-refractivity contribution in [1.29, 1.82) is 0 Å². The first-order valence-electron chi connectivity index (χ1n) is 7.92. The number of ether oxygens (including phenoxy) is 1. The molecule has 3 N–H and O–H groups in total. The van der Waals surface area contributed by atoms with Crippen LogP contribution in [0, 0.1) is 0 Å². The van der Waals surface area contributed by atoms with E-state index < -0.39 is 24.1 Å². The molecule has 0 saturated heterocycles. The molecule has 1 heterocycles. The Balaban J connectivity index is 2.00. The lowest BCUT2D eigenvalue weighted by atomic mass is 10.3. The normalized spacial score (nSPS) is 11.1. The number of anilines is 2. The molecule has 0 aliphatic carbocycles. The lowest BCUT2D eigenvalue weighted by Crippen LogP contribution is -2.20. The van der Waals surface area contributed by atoms with Gasteiger partial charge in [0.1, 0.15) is 5.75 Å². The maximum atomic E-state index is 12.1. The third-order valence-electron chi connectivity index (χ3n) is 3.31. The van der Waals surface area contributed by atoms with Gasteiger partial charge in [0.2, 0.25) is 5.82 Å². The van der Waals surface area contributed by atoms with Crippen molar-refractivity contribution < 1.29 is 32.6 Å². The fourth-order valence-corrected chi connectivity index (χ4v) is 2.16. The Morgan fingerprint density at radius 1 is 1.22 bits per heavy atom. The van der Waals surface area contributed by atoms with Gasteiger partial charge in [0, 0.05) is 18.4 Å². The Bertz CT molecular complexity index is 803. The number of aryl methyl sites for hydroxylation is 1. The van der Waals surface area contributed by atoms with Crippen LogP contribution in [0.4, 0.5) is 29.5 Å². The minimum absolute atomic E-state index is 0.0398. The lowest BCUT2D eigenvalue weighted by molar-refractivity contribution is -0.274. The van der Waals surface area contributed by atoms with Crippen LogP contribution in [0.1, 0.15) is 30.4 Å². The van der Waals surface area contributed by atoms with Gasteiger partial charge in [-0.1, -0.05) is 13.3 Å². The third kappa shape index (κ3) is 6.20. The number of unbranched alkanes of at least 4 members (excludes halogenated alkanes) is 1.